The smallest absolute Gasteiger partial charge is 0.358 e. The number of likely N-dealkylation sites (tertiary alicyclic amines) is 1. The first-order valence-electron chi connectivity index (χ1n) is 10.7. The molecule has 1 aliphatic heterocycles. The lowest BCUT2D eigenvalue weighted by Gasteiger charge is -2.40. The number of hydrogen-bond acceptors (Lipinski definition) is 7. The van der Waals surface area contributed by atoms with Gasteiger partial charge in [0.15, 0.2) is 11.5 Å². The van der Waals surface area contributed by atoms with Crippen molar-refractivity contribution in [2.24, 2.45) is 0 Å². The highest BCUT2D eigenvalue weighted by Gasteiger charge is 2.43. The molecule has 1 atom stereocenters. The number of fused-ring (bicyclic) bond motifs is 2. The number of rotatable bonds is 4. The Morgan fingerprint density at radius 1 is 1.10 bits per heavy atom. The molecule has 0 saturated carbocycles. The van der Waals surface area contributed by atoms with E-state index < -0.39 is 5.97 Å². The predicted octanol–water partition coefficient (Wildman–Crippen LogP) is 3.20. The number of aryl methyl sites for hydroxylation is 1. The van der Waals surface area contributed by atoms with Crippen LogP contribution in [0.1, 0.15) is 46.7 Å². The normalized spacial score (nSPS) is 20.5. The molecular formula is C24H25N5O2. The van der Waals surface area contributed by atoms with Gasteiger partial charge >= 0.3 is 5.97 Å². The van der Waals surface area contributed by atoms with E-state index in [0.29, 0.717) is 6.54 Å². The minimum absolute atomic E-state index is 0.0689. The van der Waals surface area contributed by atoms with Crippen LogP contribution in [0.3, 0.4) is 0 Å². The number of ether oxygens (including phenoxy) is 1. The van der Waals surface area contributed by atoms with Crippen molar-refractivity contribution >= 4 is 5.97 Å². The largest absolute Gasteiger partial charge is 0.464 e. The molecule has 0 N–H and O–H groups in total. The third-order valence-electron chi connectivity index (χ3n) is 6.41. The number of carbonyl (C=O) groups is 1. The Morgan fingerprint density at radius 3 is 2.74 bits per heavy atom. The van der Waals surface area contributed by atoms with Gasteiger partial charge in [-0.1, -0.05) is 30.3 Å². The van der Waals surface area contributed by atoms with Gasteiger partial charge in [-0.15, -0.1) is 0 Å². The van der Waals surface area contributed by atoms with Crippen molar-refractivity contribution in [3.63, 3.8) is 0 Å². The van der Waals surface area contributed by atoms with E-state index in [-0.39, 0.29) is 11.1 Å². The van der Waals surface area contributed by atoms with Gasteiger partial charge in [0.05, 0.1) is 30.9 Å². The number of aromatic nitrogens is 4. The van der Waals surface area contributed by atoms with Crippen molar-refractivity contribution in [2.75, 3.05) is 20.2 Å². The molecule has 7 nitrogen and oxygen atoms in total. The highest BCUT2D eigenvalue weighted by Crippen LogP contribution is 2.44. The average Bonchev–Trinajstić information content (AvgIpc) is 3.16. The van der Waals surface area contributed by atoms with Crippen LogP contribution in [0.5, 0.6) is 0 Å². The zero-order valence-corrected chi connectivity index (χ0v) is 17.6. The van der Waals surface area contributed by atoms with Crippen LogP contribution in [0.15, 0.2) is 48.9 Å². The molecule has 1 saturated heterocycles. The Balaban J connectivity index is 1.37. The predicted molar refractivity (Wildman–Crippen MR) is 115 cm³/mol. The van der Waals surface area contributed by atoms with Crippen molar-refractivity contribution in [3.8, 4) is 11.4 Å². The molecular weight excluding hydrogens is 390 g/mol. The summed E-state index contributed by atoms with van der Waals surface area (Å²) in [5, 5.41) is 0. The summed E-state index contributed by atoms with van der Waals surface area (Å²) in [5.41, 5.74) is 4.72. The summed E-state index contributed by atoms with van der Waals surface area (Å²) in [6.45, 7) is 2.68. The Labute approximate surface area is 181 Å². The second-order valence-corrected chi connectivity index (χ2v) is 8.41. The van der Waals surface area contributed by atoms with Gasteiger partial charge in [-0.2, -0.15) is 0 Å². The number of hydrogen-bond donors (Lipinski definition) is 0. The standard InChI is InChI=1S/C24H25N5O2/c1-31-23(30)20-14-25-19(13-26-20)15-29-11-5-9-24(16-29)10-8-18-12-27-22(28-21(18)24)17-6-3-2-4-7-17/h2-4,6-7,12-14H,5,8-11,15-16H2,1H3. The van der Waals surface area contributed by atoms with Crippen molar-refractivity contribution in [3.05, 3.63) is 71.6 Å². The molecule has 0 radical (unpaired) electrons. The summed E-state index contributed by atoms with van der Waals surface area (Å²) in [5.74, 6) is 0.342. The first-order chi connectivity index (χ1) is 15.2. The fourth-order valence-corrected chi connectivity index (χ4v) is 4.90. The highest BCUT2D eigenvalue weighted by molar-refractivity contribution is 5.86. The van der Waals surface area contributed by atoms with Crippen LogP contribution in [0.2, 0.25) is 0 Å². The number of carbonyl (C=O) groups excluding carboxylic acids is 1. The molecule has 158 valence electrons. The van der Waals surface area contributed by atoms with E-state index >= 15 is 0 Å². The highest BCUT2D eigenvalue weighted by atomic mass is 16.5. The fraction of sp³-hybridized carbons (Fsp3) is 0.375. The summed E-state index contributed by atoms with van der Waals surface area (Å²) in [6.07, 6.45) is 9.60. The van der Waals surface area contributed by atoms with Gasteiger partial charge in [-0.05, 0) is 37.8 Å². The van der Waals surface area contributed by atoms with E-state index in [1.807, 2.05) is 24.4 Å². The molecule has 1 spiro atoms. The third-order valence-corrected chi connectivity index (χ3v) is 6.41. The van der Waals surface area contributed by atoms with Crippen LogP contribution < -0.4 is 0 Å². The lowest BCUT2D eigenvalue weighted by Crippen LogP contribution is -2.45. The number of benzene rings is 1. The first kappa shape index (κ1) is 19.8. The molecule has 5 rings (SSSR count). The number of esters is 1. The quantitative estimate of drug-likeness (QED) is 0.605. The van der Waals surface area contributed by atoms with Gasteiger partial charge in [0, 0.05) is 30.3 Å². The van der Waals surface area contributed by atoms with E-state index in [2.05, 4.69) is 32.0 Å². The summed E-state index contributed by atoms with van der Waals surface area (Å²) in [6, 6.07) is 10.2. The van der Waals surface area contributed by atoms with E-state index in [0.717, 1.165) is 55.9 Å². The topological polar surface area (TPSA) is 81.1 Å². The second kappa shape index (κ2) is 8.15. The fourth-order valence-electron chi connectivity index (χ4n) is 4.90. The van der Waals surface area contributed by atoms with Crippen LogP contribution in [0, 0.1) is 0 Å². The molecule has 2 aliphatic rings. The summed E-state index contributed by atoms with van der Waals surface area (Å²) >= 11 is 0. The molecule has 7 heteroatoms. The molecule has 1 aliphatic carbocycles. The zero-order valence-electron chi connectivity index (χ0n) is 17.6. The zero-order chi connectivity index (χ0) is 21.3. The number of nitrogens with zero attached hydrogens (tertiary/aromatic N) is 5. The van der Waals surface area contributed by atoms with E-state index in [1.54, 1.807) is 6.20 Å². The van der Waals surface area contributed by atoms with E-state index in [9.17, 15) is 4.79 Å². The van der Waals surface area contributed by atoms with Crippen LogP contribution in [0.4, 0.5) is 0 Å². The SMILES string of the molecule is COC(=O)c1cnc(CN2CCCC3(CCc4cnc(-c5ccccc5)nc43)C2)cn1. The Morgan fingerprint density at radius 2 is 1.97 bits per heavy atom. The monoisotopic (exact) mass is 415 g/mol. The van der Waals surface area contributed by atoms with Crippen LogP contribution in [0.25, 0.3) is 11.4 Å². The van der Waals surface area contributed by atoms with Crippen molar-refractivity contribution < 1.29 is 9.53 Å². The van der Waals surface area contributed by atoms with Gasteiger partial charge in [0.1, 0.15) is 0 Å². The minimum atomic E-state index is -0.465. The van der Waals surface area contributed by atoms with Crippen LogP contribution in [-0.2, 0) is 23.1 Å². The molecule has 3 aromatic rings. The maximum absolute atomic E-state index is 11.6. The number of methoxy groups -OCH3 is 1. The van der Waals surface area contributed by atoms with Crippen molar-refractivity contribution in [2.45, 2.75) is 37.6 Å². The maximum Gasteiger partial charge on any atom is 0.358 e. The maximum atomic E-state index is 11.6. The molecule has 3 heterocycles. The van der Waals surface area contributed by atoms with E-state index in [1.165, 1.54) is 24.6 Å². The molecule has 1 fully saturated rings. The Hall–Kier alpha value is -3.19. The van der Waals surface area contributed by atoms with Gasteiger partial charge < -0.3 is 4.74 Å². The van der Waals surface area contributed by atoms with Gasteiger partial charge in [-0.25, -0.2) is 19.7 Å². The summed E-state index contributed by atoms with van der Waals surface area (Å²) in [4.78, 5) is 32.3. The summed E-state index contributed by atoms with van der Waals surface area (Å²) < 4.78 is 4.70. The van der Waals surface area contributed by atoms with Gasteiger partial charge in [-0.3, -0.25) is 9.88 Å². The Kier molecular flexibility index (Phi) is 5.19. The molecule has 31 heavy (non-hydrogen) atoms. The van der Waals surface area contributed by atoms with Crippen molar-refractivity contribution in [1.29, 1.82) is 0 Å². The minimum Gasteiger partial charge on any atom is -0.464 e. The van der Waals surface area contributed by atoms with Crippen molar-refractivity contribution in [1.82, 2.24) is 24.8 Å². The van der Waals surface area contributed by atoms with Crippen LogP contribution in [-0.4, -0.2) is 51.0 Å². The molecule has 0 amide bonds. The van der Waals surface area contributed by atoms with Gasteiger partial charge in [0.25, 0.3) is 0 Å². The third kappa shape index (κ3) is 3.81. The molecule has 1 unspecified atom stereocenters. The van der Waals surface area contributed by atoms with Gasteiger partial charge in [0.2, 0.25) is 0 Å². The molecule has 1 aromatic carbocycles. The lowest BCUT2D eigenvalue weighted by molar-refractivity contribution is 0.0593. The Bertz CT molecular complexity index is 1080. The summed E-state index contributed by atoms with van der Waals surface area (Å²) in [7, 11) is 1.34. The lowest BCUT2D eigenvalue weighted by atomic mass is 9.77. The van der Waals surface area contributed by atoms with E-state index in [4.69, 9.17) is 9.72 Å². The molecule has 2 aromatic heterocycles. The molecule has 0 bridgehead atoms. The second-order valence-electron chi connectivity index (χ2n) is 8.41. The average molecular weight is 415 g/mol. The first-order valence-corrected chi connectivity index (χ1v) is 10.7. The van der Waals surface area contributed by atoms with Crippen LogP contribution >= 0.6 is 0 Å². The number of piperidine rings is 1.